The van der Waals surface area contributed by atoms with Crippen LogP contribution in [0.2, 0.25) is 0 Å². The normalized spacial score (nSPS) is 17.6. The first-order chi connectivity index (χ1) is 8.67. The summed E-state index contributed by atoms with van der Waals surface area (Å²) in [6.45, 7) is 5.43. The van der Waals surface area contributed by atoms with Crippen molar-refractivity contribution in [3.05, 3.63) is 10.6 Å². The largest absolute Gasteiger partial charge is 0.465 e. The maximum atomic E-state index is 11.8. The number of ether oxygens (including phenoxy) is 1. The molecule has 2 rings (SSSR count). The zero-order chi connectivity index (χ0) is 13.1. The van der Waals surface area contributed by atoms with E-state index in [1.165, 1.54) is 4.88 Å². The fourth-order valence-electron chi connectivity index (χ4n) is 2.28. The molecule has 1 aliphatic carbocycles. The molecule has 1 aromatic heterocycles. The van der Waals surface area contributed by atoms with Crippen molar-refractivity contribution < 1.29 is 9.53 Å². The molecule has 0 saturated heterocycles. The van der Waals surface area contributed by atoms with Crippen molar-refractivity contribution in [3.63, 3.8) is 0 Å². The number of anilines is 1. The Morgan fingerprint density at radius 2 is 2.33 bits per heavy atom. The summed E-state index contributed by atoms with van der Waals surface area (Å²) in [5.41, 5.74) is 0.955. The Balaban J connectivity index is 2.15. The van der Waals surface area contributed by atoms with Gasteiger partial charge in [-0.15, -0.1) is 11.3 Å². The molecule has 0 bridgehead atoms. The van der Waals surface area contributed by atoms with E-state index in [-0.39, 0.29) is 11.9 Å². The molecule has 0 aromatic carbocycles. The van der Waals surface area contributed by atoms with Crippen LogP contribution in [-0.4, -0.2) is 31.2 Å². The van der Waals surface area contributed by atoms with E-state index in [2.05, 4.69) is 23.9 Å². The van der Waals surface area contributed by atoms with Gasteiger partial charge in [-0.3, -0.25) is 4.79 Å². The monoisotopic (exact) mass is 268 g/mol. The fourth-order valence-corrected chi connectivity index (χ4v) is 3.40. The van der Waals surface area contributed by atoms with E-state index in [9.17, 15) is 4.79 Å². The smallest absolute Gasteiger partial charge is 0.315 e. The van der Waals surface area contributed by atoms with Crippen LogP contribution in [0.25, 0.3) is 0 Å². The van der Waals surface area contributed by atoms with Gasteiger partial charge in [0.15, 0.2) is 5.13 Å². The molecular formula is C13H20N2O2S. The van der Waals surface area contributed by atoms with Crippen LogP contribution >= 0.6 is 11.3 Å². The number of rotatable bonds is 5. The third kappa shape index (κ3) is 2.51. The van der Waals surface area contributed by atoms with Crippen molar-refractivity contribution in [2.24, 2.45) is 0 Å². The molecule has 0 fully saturated rings. The molecule has 0 spiro atoms. The number of fused-ring (bicyclic) bond motifs is 1. The molecule has 1 heterocycles. The van der Waals surface area contributed by atoms with Gasteiger partial charge >= 0.3 is 5.97 Å². The summed E-state index contributed by atoms with van der Waals surface area (Å²) in [4.78, 5) is 19.9. The first-order valence-electron chi connectivity index (χ1n) is 6.54. The quantitative estimate of drug-likeness (QED) is 0.770. The van der Waals surface area contributed by atoms with Crippen LogP contribution in [0, 0.1) is 0 Å². The van der Waals surface area contributed by atoms with Gasteiger partial charge in [0.05, 0.1) is 12.3 Å². The molecule has 18 heavy (non-hydrogen) atoms. The van der Waals surface area contributed by atoms with Crippen molar-refractivity contribution in [2.75, 3.05) is 25.1 Å². The average molecular weight is 268 g/mol. The SMILES string of the molecule is CCCN(C)c1nc2c(s1)CCC2C(=O)OCC. The third-order valence-corrected chi connectivity index (χ3v) is 4.41. The molecule has 1 aromatic rings. The van der Waals surface area contributed by atoms with Crippen LogP contribution in [0.15, 0.2) is 0 Å². The molecule has 0 N–H and O–H groups in total. The van der Waals surface area contributed by atoms with Crippen LogP contribution in [-0.2, 0) is 16.0 Å². The van der Waals surface area contributed by atoms with E-state index in [4.69, 9.17) is 4.74 Å². The fraction of sp³-hybridized carbons (Fsp3) is 0.692. The summed E-state index contributed by atoms with van der Waals surface area (Å²) >= 11 is 1.72. The van der Waals surface area contributed by atoms with E-state index in [1.54, 1.807) is 11.3 Å². The lowest BCUT2D eigenvalue weighted by atomic mass is 10.1. The first-order valence-corrected chi connectivity index (χ1v) is 7.36. The molecule has 1 unspecified atom stereocenters. The number of aryl methyl sites for hydroxylation is 1. The van der Waals surface area contributed by atoms with Crippen molar-refractivity contribution in [3.8, 4) is 0 Å². The van der Waals surface area contributed by atoms with Gasteiger partial charge in [-0.1, -0.05) is 6.92 Å². The van der Waals surface area contributed by atoms with E-state index in [1.807, 2.05) is 6.92 Å². The maximum Gasteiger partial charge on any atom is 0.315 e. The average Bonchev–Trinajstić information content (AvgIpc) is 2.88. The van der Waals surface area contributed by atoms with Crippen molar-refractivity contribution in [1.29, 1.82) is 0 Å². The lowest BCUT2D eigenvalue weighted by Crippen LogP contribution is -2.18. The second-order valence-corrected chi connectivity index (χ2v) is 5.63. The predicted molar refractivity (Wildman–Crippen MR) is 73.4 cm³/mol. The second-order valence-electron chi connectivity index (χ2n) is 4.57. The molecule has 4 nitrogen and oxygen atoms in total. The Labute approximate surface area is 112 Å². The van der Waals surface area contributed by atoms with Gasteiger partial charge < -0.3 is 9.64 Å². The van der Waals surface area contributed by atoms with Crippen molar-refractivity contribution in [2.45, 2.75) is 39.0 Å². The summed E-state index contributed by atoms with van der Waals surface area (Å²) in [6.07, 6.45) is 2.91. The molecule has 1 aliphatic rings. The topological polar surface area (TPSA) is 42.4 Å². The van der Waals surface area contributed by atoms with Crippen LogP contribution in [0.4, 0.5) is 5.13 Å². The Morgan fingerprint density at radius 1 is 1.56 bits per heavy atom. The Kier molecular flexibility index (Phi) is 4.22. The van der Waals surface area contributed by atoms with Crippen LogP contribution < -0.4 is 4.90 Å². The van der Waals surface area contributed by atoms with E-state index in [0.717, 1.165) is 36.6 Å². The highest BCUT2D eigenvalue weighted by Crippen LogP contribution is 2.39. The highest BCUT2D eigenvalue weighted by Gasteiger charge is 2.33. The third-order valence-electron chi connectivity index (χ3n) is 3.16. The zero-order valence-corrected chi connectivity index (χ0v) is 12.0. The highest BCUT2D eigenvalue weighted by atomic mass is 32.1. The number of carbonyl (C=O) groups excluding carboxylic acids is 1. The van der Waals surface area contributed by atoms with Gasteiger partial charge in [0.25, 0.3) is 0 Å². The molecule has 1 atom stereocenters. The molecule has 0 amide bonds. The summed E-state index contributed by atoms with van der Waals surface area (Å²) in [5, 5.41) is 1.02. The summed E-state index contributed by atoms with van der Waals surface area (Å²) in [7, 11) is 2.05. The first kappa shape index (κ1) is 13.3. The number of carbonyl (C=O) groups is 1. The molecule has 0 saturated carbocycles. The molecule has 5 heteroatoms. The van der Waals surface area contributed by atoms with E-state index < -0.39 is 0 Å². The van der Waals surface area contributed by atoms with Crippen LogP contribution in [0.1, 0.15) is 43.2 Å². The lowest BCUT2D eigenvalue weighted by molar-refractivity contribution is -0.145. The van der Waals surface area contributed by atoms with Gasteiger partial charge in [-0.25, -0.2) is 4.98 Å². The van der Waals surface area contributed by atoms with Gasteiger partial charge in [0.1, 0.15) is 5.92 Å². The van der Waals surface area contributed by atoms with Crippen LogP contribution in [0.3, 0.4) is 0 Å². The molecule has 0 aliphatic heterocycles. The standard InChI is InChI=1S/C13H20N2O2S/c1-4-8-15(3)13-14-11-9(12(16)17-5-2)6-7-10(11)18-13/h9H,4-8H2,1-3H3. The van der Waals surface area contributed by atoms with Crippen LogP contribution in [0.5, 0.6) is 0 Å². The Hall–Kier alpha value is -1.10. The zero-order valence-electron chi connectivity index (χ0n) is 11.2. The van der Waals surface area contributed by atoms with Crippen molar-refractivity contribution >= 4 is 22.4 Å². The Morgan fingerprint density at radius 3 is 3.00 bits per heavy atom. The van der Waals surface area contributed by atoms with Gasteiger partial charge in [0.2, 0.25) is 0 Å². The van der Waals surface area contributed by atoms with E-state index in [0.29, 0.717) is 6.61 Å². The van der Waals surface area contributed by atoms with Gasteiger partial charge in [0, 0.05) is 18.5 Å². The Bertz CT molecular complexity index is 431. The van der Waals surface area contributed by atoms with Gasteiger partial charge in [-0.2, -0.15) is 0 Å². The minimum atomic E-state index is -0.139. The minimum absolute atomic E-state index is 0.119. The summed E-state index contributed by atoms with van der Waals surface area (Å²) in [5.74, 6) is -0.258. The van der Waals surface area contributed by atoms with E-state index >= 15 is 0 Å². The van der Waals surface area contributed by atoms with Gasteiger partial charge in [-0.05, 0) is 26.2 Å². The maximum absolute atomic E-state index is 11.8. The number of aromatic nitrogens is 1. The number of esters is 1. The minimum Gasteiger partial charge on any atom is -0.465 e. The second kappa shape index (κ2) is 5.69. The molecule has 100 valence electrons. The lowest BCUT2D eigenvalue weighted by Gasteiger charge is -2.14. The number of thiazole rings is 1. The molecule has 0 radical (unpaired) electrons. The summed E-state index contributed by atoms with van der Waals surface area (Å²) in [6, 6.07) is 0. The summed E-state index contributed by atoms with van der Waals surface area (Å²) < 4.78 is 5.11. The highest BCUT2D eigenvalue weighted by molar-refractivity contribution is 7.15. The van der Waals surface area contributed by atoms with Crippen molar-refractivity contribution in [1.82, 2.24) is 4.98 Å². The number of hydrogen-bond acceptors (Lipinski definition) is 5. The predicted octanol–water partition coefficient (Wildman–Crippen LogP) is 2.58. The number of hydrogen-bond donors (Lipinski definition) is 0. The molecular weight excluding hydrogens is 248 g/mol. The number of nitrogens with zero attached hydrogens (tertiary/aromatic N) is 2.